The van der Waals surface area contributed by atoms with E-state index in [1.54, 1.807) is 6.07 Å². The summed E-state index contributed by atoms with van der Waals surface area (Å²) in [6, 6.07) is 5.60. The molecule has 0 bridgehead atoms. The lowest BCUT2D eigenvalue weighted by Crippen LogP contribution is -2.25. The lowest BCUT2D eigenvalue weighted by molar-refractivity contribution is 0.243. The summed E-state index contributed by atoms with van der Waals surface area (Å²) < 4.78 is 15.3. The van der Waals surface area contributed by atoms with Gasteiger partial charge in [-0.1, -0.05) is 0 Å². The monoisotopic (exact) mass is 312 g/mol. The number of H-pyrrole nitrogens is 1. The number of aryl methyl sites for hydroxylation is 2. The molecule has 1 saturated carbocycles. The van der Waals surface area contributed by atoms with Crippen LogP contribution < -0.4 is 0 Å². The van der Waals surface area contributed by atoms with E-state index in [4.69, 9.17) is 0 Å². The number of aromatic nitrogens is 3. The van der Waals surface area contributed by atoms with Crippen molar-refractivity contribution in [2.45, 2.75) is 38.9 Å². The number of fused-ring (bicyclic) bond motifs is 1. The van der Waals surface area contributed by atoms with Crippen LogP contribution in [0.2, 0.25) is 0 Å². The first-order chi connectivity index (χ1) is 11.1. The van der Waals surface area contributed by atoms with Gasteiger partial charge in [-0.3, -0.25) is 9.58 Å². The third-order valence-corrected chi connectivity index (χ3v) is 4.69. The van der Waals surface area contributed by atoms with E-state index in [-0.39, 0.29) is 5.82 Å². The first-order valence-corrected chi connectivity index (χ1v) is 8.08. The van der Waals surface area contributed by atoms with Crippen molar-refractivity contribution >= 4 is 10.9 Å². The summed E-state index contributed by atoms with van der Waals surface area (Å²) in [4.78, 5) is 5.96. The number of nitrogens with zero attached hydrogens (tertiary/aromatic N) is 3. The Kier molecular flexibility index (Phi) is 3.45. The van der Waals surface area contributed by atoms with Gasteiger partial charge in [-0.2, -0.15) is 5.10 Å². The van der Waals surface area contributed by atoms with Gasteiger partial charge in [0.15, 0.2) is 0 Å². The zero-order valence-electron chi connectivity index (χ0n) is 13.5. The number of halogens is 1. The molecule has 0 atom stereocenters. The zero-order chi connectivity index (χ0) is 16.0. The second-order valence-corrected chi connectivity index (χ2v) is 6.58. The van der Waals surface area contributed by atoms with Crippen LogP contribution in [0.25, 0.3) is 10.9 Å². The molecule has 1 fully saturated rings. The second-order valence-electron chi connectivity index (χ2n) is 6.58. The normalized spacial score (nSPS) is 15.0. The Hall–Kier alpha value is -2.14. The Morgan fingerprint density at radius 1 is 1.35 bits per heavy atom. The molecule has 3 aromatic rings. The van der Waals surface area contributed by atoms with E-state index in [1.165, 1.54) is 30.2 Å². The standard InChI is InChI=1S/C18H21FN4/c1-12-16-7-14(19)3-6-17(16)21-18(12)11-23(15-4-5-15)10-13-8-20-22(2)9-13/h3,6-9,15,21H,4-5,10-11H2,1-2H3. The van der Waals surface area contributed by atoms with Crippen LogP contribution >= 0.6 is 0 Å². The predicted molar refractivity (Wildman–Crippen MR) is 88.5 cm³/mol. The fraction of sp³-hybridized carbons (Fsp3) is 0.389. The molecule has 2 heterocycles. The van der Waals surface area contributed by atoms with Crippen molar-refractivity contribution in [2.75, 3.05) is 0 Å². The van der Waals surface area contributed by atoms with Crippen LogP contribution in [0.4, 0.5) is 4.39 Å². The average Bonchev–Trinajstić information content (AvgIpc) is 3.23. The molecule has 1 aliphatic carbocycles. The van der Waals surface area contributed by atoms with Crippen molar-refractivity contribution in [3.8, 4) is 0 Å². The summed E-state index contributed by atoms with van der Waals surface area (Å²) in [5, 5.41) is 5.24. The summed E-state index contributed by atoms with van der Waals surface area (Å²) in [6.45, 7) is 3.84. The van der Waals surface area contributed by atoms with Crippen molar-refractivity contribution in [2.24, 2.45) is 7.05 Å². The molecule has 0 saturated heterocycles. The van der Waals surface area contributed by atoms with Crippen LogP contribution in [0.3, 0.4) is 0 Å². The highest BCUT2D eigenvalue weighted by Gasteiger charge is 2.30. The molecule has 0 aliphatic heterocycles. The Morgan fingerprint density at radius 3 is 2.87 bits per heavy atom. The molecule has 4 rings (SSSR count). The quantitative estimate of drug-likeness (QED) is 0.782. The van der Waals surface area contributed by atoms with Crippen LogP contribution in [0.15, 0.2) is 30.6 Å². The zero-order valence-corrected chi connectivity index (χ0v) is 13.5. The summed E-state index contributed by atoms with van der Waals surface area (Å²) in [6.07, 6.45) is 6.52. The van der Waals surface area contributed by atoms with Gasteiger partial charge in [-0.05, 0) is 43.5 Å². The number of benzene rings is 1. The second kappa shape index (κ2) is 5.49. The maximum absolute atomic E-state index is 13.5. The molecule has 120 valence electrons. The Bertz CT molecular complexity index is 844. The minimum Gasteiger partial charge on any atom is -0.357 e. The van der Waals surface area contributed by atoms with E-state index >= 15 is 0 Å². The van der Waals surface area contributed by atoms with E-state index in [1.807, 2.05) is 24.0 Å². The minimum absolute atomic E-state index is 0.180. The molecule has 1 aromatic carbocycles. The molecule has 0 amide bonds. The summed E-state index contributed by atoms with van der Waals surface area (Å²) >= 11 is 0. The Balaban J connectivity index is 1.60. The Labute approximate surface area is 134 Å². The van der Waals surface area contributed by atoms with Gasteiger partial charge in [0.2, 0.25) is 0 Å². The minimum atomic E-state index is -0.180. The molecule has 5 heteroatoms. The van der Waals surface area contributed by atoms with Crippen molar-refractivity contribution in [3.05, 3.63) is 53.2 Å². The van der Waals surface area contributed by atoms with Crippen LogP contribution in [-0.4, -0.2) is 25.7 Å². The number of nitrogens with one attached hydrogen (secondary N) is 1. The van der Waals surface area contributed by atoms with Crippen molar-refractivity contribution < 1.29 is 4.39 Å². The maximum Gasteiger partial charge on any atom is 0.123 e. The predicted octanol–water partition coefficient (Wildman–Crippen LogP) is 3.51. The molecule has 1 aliphatic rings. The van der Waals surface area contributed by atoms with Gasteiger partial charge in [0.05, 0.1) is 6.20 Å². The van der Waals surface area contributed by atoms with Gasteiger partial charge >= 0.3 is 0 Å². The molecular formula is C18H21FN4. The van der Waals surface area contributed by atoms with E-state index in [9.17, 15) is 4.39 Å². The van der Waals surface area contributed by atoms with Gasteiger partial charge < -0.3 is 4.98 Å². The van der Waals surface area contributed by atoms with Crippen molar-refractivity contribution in [1.82, 2.24) is 19.7 Å². The van der Waals surface area contributed by atoms with E-state index in [0.29, 0.717) is 6.04 Å². The third-order valence-electron chi connectivity index (χ3n) is 4.69. The van der Waals surface area contributed by atoms with E-state index in [0.717, 1.165) is 29.6 Å². The summed E-state index contributed by atoms with van der Waals surface area (Å²) in [7, 11) is 1.95. The molecule has 23 heavy (non-hydrogen) atoms. The van der Waals surface area contributed by atoms with Crippen LogP contribution in [0.1, 0.15) is 29.7 Å². The van der Waals surface area contributed by atoms with E-state index in [2.05, 4.69) is 28.1 Å². The van der Waals surface area contributed by atoms with Gasteiger partial charge in [-0.25, -0.2) is 4.39 Å². The van der Waals surface area contributed by atoms with Gasteiger partial charge in [0.25, 0.3) is 0 Å². The number of hydrogen-bond donors (Lipinski definition) is 1. The number of rotatable bonds is 5. The van der Waals surface area contributed by atoms with Crippen LogP contribution in [0, 0.1) is 12.7 Å². The maximum atomic E-state index is 13.5. The highest BCUT2D eigenvalue weighted by molar-refractivity contribution is 5.84. The lowest BCUT2D eigenvalue weighted by atomic mass is 10.1. The molecule has 0 spiro atoms. The molecule has 0 radical (unpaired) electrons. The highest BCUT2D eigenvalue weighted by Crippen LogP contribution is 2.31. The first-order valence-electron chi connectivity index (χ1n) is 8.08. The molecule has 1 N–H and O–H groups in total. The largest absolute Gasteiger partial charge is 0.357 e. The SMILES string of the molecule is Cc1c(CN(Cc2cnn(C)c2)C2CC2)[nH]c2ccc(F)cc12. The van der Waals surface area contributed by atoms with Gasteiger partial charge in [-0.15, -0.1) is 0 Å². The summed E-state index contributed by atoms with van der Waals surface area (Å²) in [5.41, 5.74) is 4.58. The highest BCUT2D eigenvalue weighted by atomic mass is 19.1. The fourth-order valence-corrected chi connectivity index (χ4v) is 3.26. The molecule has 4 nitrogen and oxygen atoms in total. The number of hydrogen-bond acceptors (Lipinski definition) is 2. The fourth-order valence-electron chi connectivity index (χ4n) is 3.26. The third kappa shape index (κ3) is 2.88. The Morgan fingerprint density at radius 2 is 2.17 bits per heavy atom. The van der Waals surface area contributed by atoms with Crippen molar-refractivity contribution in [3.63, 3.8) is 0 Å². The first kappa shape index (κ1) is 14.5. The average molecular weight is 312 g/mol. The molecular weight excluding hydrogens is 291 g/mol. The van der Waals surface area contributed by atoms with Crippen LogP contribution in [0.5, 0.6) is 0 Å². The summed E-state index contributed by atoms with van der Waals surface area (Å²) in [5.74, 6) is -0.180. The number of aromatic amines is 1. The topological polar surface area (TPSA) is 36.9 Å². The smallest absolute Gasteiger partial charge is 0.123 e. The van der Waals surface area contributed by atoms with Crippen molar-refractivity contribution in [1.29, 1.82) is 0 Å². The van der Waals surface area contributed by atoms with E-state index < -0.39 is 0 Å². The molecule has 2 aromatic heterocycles. The lowest BCUT2D eigenvalue weighted by Gasteiger charge is -2.21. The van der Waals surface area contributed by atoms with Crippen LogP contribution in [-0.2, 0) is 20.1 Å². The van der Waals surface area contributed by atoms with Gasteiger partial charge in [0, 0.05) is 54.5 Å². The molecule has 0 unspecified atom stereocenters. The van der Waals surface area contributed by atoms with Gasteiger partial charge in [0.1, 0.15) is 5.82 Å².